The Balaban J connectivity index is 1.83. The van der Waals surface area contributed by atoms with Crippen molar-refractivity contribution in [2.24, 2.45) is 5.92 Å². The van der Waals surface area contributed by atoms with Crippen molar-refractivity contribution in [2.75, 3.05) is 5.32 Å². The number of hydrogen-bond acceptors (Lipinski definition) is 4. The molecule has 1 aromatic heterocycles. The standard InChI is InChI=1S/C24H25N3O2/c1-3-15(2)24(29)27-23-21(22(28)17-10-5-4-6-11-17)26-20-18-12-8-7-9-16(18)13-14-19(20)25-23/h4-12,15,22,28H,3,13-14H2,1-2H3,(H,25,27,29). The zero-order chi connectivity index (χ0) is 20.4. The molecule has 1 heterocycles. The fraction of sp³-hybridized carbons (Fsp3) is 0.292. The van der Waals surface area contributed by atoms with E-state index >= 15 is 0 Å². The number of anilines is 1. The number of aliphatic hydroxyl groups is 1. The summed E-state index contributed by atoms with van der Waals surface area (Å²) < 4.78 is 0. The van der Waals surface area contributed by atoms with Crippen LogP contribution in [0.2, 0.25) is 0 Å². The third kappa shape index (κ3) is 3.78. The number of aliphatic hydroxyl groups excluding tert-OH is 1. The molecule has 2 aromatic carbocycles. The third-order valence-electron chi connectivity index (χ3n) is 5.57. The topological polar surface area (TPSA) is 75.1 Å². The predicted octanol–water partition coefficient (Wildman–Crippen LogP) is 4.31. The Kier molecular flexibility index (Phi) is 5.41. The van der Waals surface area contributed by atoms with Crippen LogP contribution in [-0.4, -0.2) is 21.0 Å². The number of aryl methyl sites for hydroxylation is 2. The first-order valence-corrected chi connectivity index (χ1v) is 10.1. The molecule has 2 unspecified atom stereocenters. The molecular formula is C24H25N3O2. The van der Waals surface area contributed by atoms with Gasteiger partial charge in [0.1, 0.15) is 11.8 Å². The van der Waals surface area contributed by atoms with E-state index in [9.17, 15) is 9.90 Å². The molecule has 0 radical (unpaired) electrons. The number of carbonyl (C=O) groups is 1. The summed E-state index contributed by atoms with van der Waals surface area (Å²) in [5.74, 6) is 0.0968. The van der Waals surface area contributed by atoms with E-state index in [0.717, 1.165) is 36.2 Å². The maximum Gasteiger partial charge on any atom is 0.228 e. The van der Waals surface area contributed by atoms with Crippen LogP contribution in [-0.2, 0) is 17.6 Å². The SMILES string of the molecule is CCC(C)C(=O)Nc1nc2c(nc1C(O)c1ccccc1)-c1ccccc1CC2. The average molecular weight is 387 g/mol. The highest BCUT2D eigenvalue weighted by molar-refractivity contribution is 5.92. The lowest BCUT2D eigenvalue weighted by Gasteiger charge is -2.23. The van der Waals surface area contributed by atoms with Crippen molar-refractivity contribution in [1.82, 2.24) is 9.97 Å². The van der Waals surface area contributed by atoms with Crippen LogP contribution in [0.5, 0.6) is 0 Å². The summed E-state index contributed by atoms with van der Waals surface area (Å²) in [6.45, 7) is 3.85. The van der Waals surface area contributed by atoms with Crippen molar-refractivity contribution in [3.05, 3.63) is 77.1 Å². The second-order valence-corrected chi connectivity index (χ2v) is 7.52. The number of rotatable bonds is 5. The van der Waals surface area contributed by atoms with Gasteiger partial charge in [-0.1, -0.05) is 68.4 Å². The minimum Gasteiger partial charge on any atom is -0.382 e. The van der Waals surface area contributed by atoms with Gasteiger partial charge in [-0.3, -0.25) is 4.79 Å². The number of nitrogens with one attached hydrogen (secondary N) is 1. The Morgan fingerprint density at radius 3 is 2.55 bits per heavy atom. The number of carbonyl (C=O) groups excluding carboxylic acids is 1. The van der Waals surface area contributed by atoms with Crippen LogP contribution in [0.3, 0.4) is 0 Å². The van der Waals surface area contributed by atoms with Crippen LogP contribution in [0.1, 0.15) is 48.9 Å². The molecule has 0 bridgehead atoms. The summed E-state index contributed by atoms with van der Waals surface area (Å²) >= 11 is 0. The van der Waals surface area contributed by atoms with E-state index in [-0.39, 0.29) is 11.8 Å². The first-order chi connectivity index (χ1) is 14.1. The number of benzene rings is 2. The quantitative estimate of drug-likeness (QED) is 0.684. The molecule has 5 heteroatoms. The molecule has 148 valence electrons. The third-order valence-corrected chi connectivity index (χ3v) is 5.57. The van der Waals surface area contributed by atoms with E-state index < -0.39 is 6.10 Å². The molecule has 0 spiro atoms. The number of fused-ring (bicyclic) bond motifs is 3. The fourth-order valence-electron chi connectivity index (χ4n) is 3.60. The molecule has 1 amide bonds. The largest absolute Gasteiger partial charge is 0.382 e. The molecule has 4 rings (SSSR count). The van der Waals surface area contributed by atoms with E-state index in [1.54, 1.807) is 0 Å². The van der Waals surface area contributed by atoms with E-state index in [0.29, 0.717) is 17.1 Å². The van der Waals surface area contributed by atoms with Gasteiger partial charge in [0.05, 0.1) is 11.4 Å². The molecule has 0 saturated carbocycles. The van der Waals surface area contributed by atoms with Crippen molar-refractivity contribution in [3.63, 3.8) is 0 Å². The first kappa shape index (κ1) is 19.3. The van der Waals surface area contributed by atoms with Crippen LogP contribution < -0.4 is 5.32 Å². The van der Waals surface area contributed by atoms with Crippen LogP contribution in [0.25, 0.3) is 11.3 Å². The Morgan fingerprint density at radius 2 is 1.79 bits per heavy atom. The van der Waals surface area contributed by atoms with Crippen molar-refractivity contribution in [1.29, 1.82) is 0 Å². The molecule has 2 N–H and O–H groups in total. The molecule has 0 saturated heterocycles. The Hall–Kier alpha value is -3.05. The normalized spacial score (nSPS) is 14.4. The van der Waals surface area contributed by atoms with Gasteiger partial charge in [-0.15, -0.1) is 0 Å². The fourth-order valence-corrected chi connectivity index (χ4v) is 3.60. The van der Waals surface area contributed by atoms with E-state index in [4.69, 9.17) is 9.97 Å². The smallest absolute Gasteiger partial charge is 0.228 e. The van der Waals surface area contributed by atoms with Gasteiger partial charge < -0.3 is 10.4 Å². The lowest BCUT2D eigenvalue weighted by Crippen LogP contribution is -2.24. The highest BCUT2D eigenvalue weighted by Gasteiger charge is 2.26. The summed E-state index contributed by atoms with van der Waals surface area (Å²) in [5, 5.41) is 14.0. The van der Waals surface area contributed by atoms with Crippen LogP contribution >= 0.6 is 0 Å². The van der Waals surface area contributed by atoms with Gasteiger partial charge in [-0.25, -0.2) is 9.97 Å². The van der Waals surface area contributed by atoms with Gasteiger partial charge in [0.25, 0.3) is 0 Å². The van der Waals surface area contributed by atoms with Crippen LogP contribution in [0.4, 0.5) is 5.82 Å². The van der Waals surface area contributed by atoms with Gasteiger partial charge in [0, 0.05) is 11.5 Å². The summed E-state index contributed by atoms with van der Waals surface area (Å²) in [4.78, 5) is 22.2. The van der Waals surface area contributed by atoms with Gasteiger partial charge >= 0.3 is 0 Å². The lowest BCUT2D eigenvalue weighted by atomic mass is 9.91. The molecule has 29 heavy (non-hydrogen) atoms. The minimum atomic E-state index is -0.977. The van der Waals surface area contributed by atoms with Crippen LogP contribution in [0, 0.1) is 5.92 Å². The zero-order valence-corrected chi connectivity index (χ0v) is 16.7. The van der Waals surface area contributed by atoms with E-state index in [1.807, 2.05) is 62.4 Å². The van der Waals surface area contributed by atoms with Crippen molar-refractivity contribution < 1.29 is 9.90 Å². The molecule has 1 aliphatic carbocycles. The predicted molar refractivity (Wildman–Crippen MR) is 113 cm³/mol. The highest BCUT2D eigenvalue weighted by Crippen LogP contribution is 2.35. The number of amides is 1. The molecule has 5 nitrogen and oxygen atoms in total. The molecule has 0 fully saturated rings. The number of hydrogen-bond donors (Lipinski definition) is 2. The van der Waals surface area contributed by atoms with Gasteiger partial charge in [0.15, 0.2) is 5.82 Å². The molecular weight excluding hydrogens is 362 g/mol. The monoisotopic (exact) mass is 387 g/mol. The summed E-state index contributed by atoms with van der Waals surface area (Å²) in [7, 11) is 0. The van der Waals surface area contributed by atoms with Gasteiger partial charge in [0.2, 0.25) is 5.91 Å². The molecule has 3 aromatic rings. The molecule has 0 aliphatic heterocycles. The van der Waals surface area contributed by atoms with Crippen molar-refractivity contribution >= 4 is 11.7 Å². The van der Waals surface area contributed by atoms with Crippen molar-refractivity contribution in [2.45, 2.75) is 39.2 Å². The van der Waals surface area contributed by atoms with E-state index in [2.05, 4.69) is 11.4 Å². The maximum atomic E-state index is 12.6. The zero-order valence-electron chi connectivity index (χ0n) is 16.7. The summed E-state index contributed by atoms with van der Waals surface area (Å²) in [6.07, 6.45) is 1.40. The highest BCUT2D eigenvalue weighted by atomic mass is 16.3. The lowest BCUT2D eigenvalue weighted by molar-refractivity contribution is -0.119. The van der Waals surface area contributed by atoms with Crippen molar-refractivity contribution in [3.8, 4) is 11.3 Å². The Bertz CT molecular complexity index is 1030. The number of nitrogens with zero attached hydrogens (tertiary/aromatic N) is 2. The second-order valence-electron chi connectivity index (χ2n) is 7.52. The molecule has 1 aliphatic rings. The van der Waals surface area contributed by atoms with Gasteiger partial charge in [-0.2, -0.15) is 0 Å². The maximum absolute atomic E-state index is 12.6. The Labute approximate surface area is 170 Å². The summed E-state index contributed by atoms with van der Waals surface area (Å²) in [5.41, 5.74) is 5.01. The Morgan fingerprint density at radius 1 is 1.07 bits per heavy atom. The molecule has 2 atom stereocenters. The summed E-state index contributed by atoms with van der Waals surface area (Å²) in [6, 6.07) is 17.5. The van der Waals surface area contributed by atoms with Gasteiger partial charge in [-0.05, 0) is 30.4 Å². The van der Waals surface area contributed by atoms with Crippen LogP contribution in [0.15, 0.2) is 54.6 Å². The average Bonchev–Trinajstić information content (AvgIpc) is 2.78. The minimum absolute atomic E-state index is 0.112. The van der Waals surface area contributed by atoms with E-state index in [1.165, 1.54) is 5.56 Å². The second kappa shape index (κ2) is 8.13. The number of aromatic nitrogens is 2. The first-order valence-electron chi connectivity index (χ1n) is 10.1.